The number of halogens is 1. The molecule has 0 spiro atoms. The Morgan fingerprint density at radius 3 is 2.63 bits per heavy atom. The number of nitrogens with zero attached hydrogens (tertiary/aromatic N) is 2. The van der Waals surface area contributed by atoms with Gasteiger partial charge in [-0.2, -0.15) is 0 Å². The van der Waals surface area contributed by atoms with Crippen molar-refractivity contribution in [2.75, 3.05) is 34.4 Å². The molecule has 38 heavy (non-hydrogen) atoms. The van der Waals surface area contributed by atoms with Gasteiger partial charge in [0.1, 0.15) is 10.8 Å². The zero-order chi connectivity index (χ0) is 27.4. The van der Waals surface area contributed by atoms with Crippen molar-refractivity contribution >= 4 is 39.5 Å². The van der Waals surface area contributed by atoms with Crippen LogP contribution in [0.4, 0.5) is 4.39 Å². The Labute approximate surface area is 225 Å². The Morgan fingerprint density at radius 2 is 1.97 bits per heavy atom. The maximum Gasteiger partial charge on any atom is 0.304 e. The van der Waals surface area contributed by atoms with Crippen molar-refractivity contribution in [3.63, 3.8) is 0 Å². The lowest BCUT2D eigenvalue weighted by atomic mass is 9.80. The van der Waals surface area contributed by atoms with Crippen LogP contribution in [0.3, 0.4) is 0 Å². The molecule has 1 aliphatic carbocycles. The van der Waals surface area contributed by atoms with Crippen molar-refractivity contribution in [2.24, 2.45) is 5.41 Å². The van der Waals surface area contributed by atoms with E-state index in [1.165, 1.54) is 23.5 Å². The third-order valence-corrected chi connectivity index (χ3v) is 7.71. The Morgan fingerprint density at radius 1 is 1.24 bits per heavy atom. The van der Waals surface area contributed by atoms with Crippen LogP contribution < -0.4 is 14.8 Å². The molecule has 1 heterocycles. The van der Waals surface area contributed by atoms with Crippen LogP contribution in [0.25, 0.3) is 16.3 Å². The summed E-state index contributed by atoms with van der Waals surface area (Å²) in [4.78, 5) is 31.8. The van der Waals surface area contributed by atoms with E-state index in [1.807, 2.05) is 26.2 Å². The number of fused-ring (bicyclic) bond motifs is 2. The average Bonchev–Trinajstić information content (AvgIpc) is 3.43. The van der Waals surface area contributed by atoms with Crippen molar-refractivity contribution in [1.29, 1.82) is 0 Å². The Balaban J connectivity index is 1.49. The van der Waals surface area contributed by atoms with Gasteiger partial charge >= 0.3 is 5.97 Å². The highest BCUT2D eigenvalue weighted by Gasteiger charge is 2.45. The van der Waals surface area contributed by atoms with E-state index in [0.29, 0.717) is 34.2 Å². The lowest BCUT2D eigenvalue weighted by molar-refractivity contribution is -0.145. The summed E-state index contributed by atoms with van der Waals surface area (Å²) in [7, 11) is 5.60. The number of nitrogens with one attached hydrogen (secondary N) is 1. The van der Waals surface area contributed by atoms with Gasteiger partial charge in [0.2, 0.25) is 5.91 Å². The van der Waals surface area contributed by atoms with Crippen LogP contribution >= 0.6 is 11.3 Å². The second-order valence-electron chi connectivity index (χ2n) is 9.82. The van der Waals surface area contributed by atoms with Crippen LogP contribution in [0.15, 0.2) is 30.8 Å². The van der Waals surface area contributed by atoms with Gasteiger partial charge in [-0.05, 0) is 56.6 Å². The monoisotopic (exact) mass is 541 g/mol. The number of carboxylic acids is 1. The Bertz CT molecular complexity index is 1370. The largest absolute Gasteiger partial charge is 0.493 e. The predicted molar refractivity (Wildman–Crippen MR) is 145 cm³/mol. The molecule has 0 radical (unpaired) electrons. The normalized spacial score (nSPS) is 16.4. The highest BCUT2D eigenvalue weighted by Crippen LogP contribution is 2.41. The number of hydrogen-bond donors (Lipinski definition) is 2. The number of ether oxygens (including phenoxy) is 2. The summed E-state index contributed by atoms with van der Waals surface area (Å²) < 4.78 is 26.6. The summed E-state index contributed by atoms with van der Waals surface area (Å²) in [6.45, 7) is 5.21. The maximum absolute atomic E-state index is 14.3. The summed E-state index contributed by atoms with van der Waals surface area (Å²) in [5.41, 5.74) is 1.27. The molecular formula is C28H32FN3O5S. The molecule has 8 nitrogen and oxygen atoms in total. The van der Waals surface area contributed by atoms with Gasteiger partial charge < -0.3 is 24.8 Å². The SMILES string of the molecule is C=Cc1cc2c(cc1F)CC(CC(=O)O)(C(=O)NCc1nc3cc(OCCCN(C)C)c(OC)cc3s1)C2. The van der Waals surface area contributed by atoms with Gasteiger partial charge in [-0.1, -0.05) is 12.7 Å². The smallest absolute Gasteiger partial charge is 0.304 e. The summed E-state index contributed by atoms with van der Waals surface area (Å²) in [5.74, 6) is -0.691. The molecule has 4 rings (SSSR count). The number of rotatable bonds is 12. The number of aromatic nitrogens is 1. The molecule has 1 aliphatic rings. The summed E-state index contributed by atoms with van der Waals surface area (Å²) in [6, 6.07) is 6.72. The van der Waals surface area contributed by atoms with E-state index in [0.717, 1.165) is 28.7 Å². The molecule has 2 N–H and O–H groups in total. The highest BCUT2D eigenvalue weighted by atomic mass is 32.1. The Kier molecular flexibility index (Phi) is 8.32. The second kappa shape index (κ2) is 11.5. The number of hydrogen-bond acceptors (Lipinski definition) is 7. The topological polar surface area (TPSA) is 101 Å². The van der Waals surface area contributed by atoms with Crippen LogP contribution in [-0.4, -0.2) is 61.2 Å². The number of carbonyl (C=O) groups is 2. The van der Waals surface area contributed by atoms with Crippen molar-refractivity contribution in [2.45, 2.75) is 32.2 Å². The molecule has 1 unspecified atom stereocenters. The zero-order valence-electron chi connectivity index (χ0n) is 21.8. The summed E-state index contributed by atoms with van der Waals surface area (Å²) >= 11 is 1.41. The highest BCUT2D eigenvalue weighted by molar-refractivity contribution is 7.18. The second-order valence-corrected chi connectivity index (χ2v) is 10.9. The van der Waals surface area contributed by atoms with E-state index in [-0.39, 0.29) is 25.8 Å². The third kappa shape index (κ3) is 5.97. The van der Waals surface area contributed by atoms with Gasteiger partial charge in [0.05, 0.1) is 42.3 Å². The lowest BCUT2D eigenvalue weighted by Crippen LogP contribution is -2.43. The van der Waals surface area contributed by atoms with Gasteiger partial charge in [-0.3, -0.25) is 9.59 Å². The van der Waals surface area contributed by atoms with E-state index in [4.69, 9.17) is 9.47 Å². The van der Waals surface area contributed by atoms with E-state index < -0.39 is 23.1 Å². The van der Waals surface area contributed by atoms with Crippen LogP contribution in [0.2, 0.25) is 0 Å². The molecule has 1 aromatic heterocycles. The number of benzene rings is 2. The minimum absolute atomic E-state index is 0.142. The number of amides is 1. The summed E-state index contributed by atoms with van der Waals surface area (Å²) in [5, 5.41) is 13.1. The quantitative estimate of drug-likeness (QED) is 0.330. The average molecular weight is 542 g/mol. The fourth-order valence-corrected chi connectivity index (χ4v) is 5.77. The maximum atomic E-state index is 14.3. The standard InChI is InChI=1S/C28H32FN3O5S/c1-5-17-9-18-13-28(15-26(33)34,14-19(18)10-20(17)29)27(35)30-16-25-31-21-11-23(37-8-6-7-32(2)3)22(36-4)12-24(21)38-25/h5,9-12H,1,6-8,13-16H2,2-4H3,(H,30,35)(H,33,34). The van der Waals surface area contributed by atoms with Gasteiger partial charge in [0.15, 0.2) is 11.5 Å². The first-order chi connectivity index (χ1) is 18.1. The van der Waals surface area contributed by atoms with E-state index in [9.17, 15) is 19.1 Å². The molecule has 0 saturated heterocycles. The Hall–Kier alpha value is -3.50. The van der Waals surface area contributed by atoms with Gasteiger partial charge in [0, 0.05) is 24.2 Å². The van der Waals surface area contributed by atoms with Crippen molar-refractivity contribution in [3.8, 4) is 11.5 Å². The first-order valence-electron chi connectivity index (χ1n) is 12.3. The molecule has 1 atom stereocenters. The van der Waals surface area contributed by atoms with Crippen molar-refractivity contribution < 1.29 is 28.6 Å². The van der Waals surface area contributed by atoms with Crippen LogP contribution in [-0.2, 0) is 29.0 Å². The number of carboxylic acid groups (broad SMARTS) is 1. The number of aliphatic carboxylic acids is 1. The molecule has 202 valence electrons. The number of methoxy groups -OCH3 is 1. The molecule has 0 aliphatic heterocycles. The van der Waals surface area contributed by atoms with E-state index in [2.05, 4.69) is 21.8 Å². The lowest BCUT2D eigenvalue weighted by Gasteiger charge is -2.25. The van der Waals surface area contributed by atoms with E-state index >= 15 is 0 Å². The molecular weight excluding hydrogens is 509 g/mol. The van der Waals surface area contributed by atoms with Gasteiger partial charge in [-0.25, -0.2) is 9.37 Å². The molecule has 10 heteroatoms. The molecule has 3 aromatic rings. The predicted octanol–water partition coefficient (Wildman–Crippen LogP) is 4.29. The molecule has 0 bridgehead atoms. The fourth-order valence-electron chi connectivity index (χ4n) is 4.85. The third-order valence-electron chi connectivity index (χ3n) is 6.69. The molecule has 0 fully saturated rings. The first-order valence-corrected chi connectivity index (χ1v) is 13.1. The molecule has 1 amide bonds. The van der Waals surface area contributed by atoms with Gasteiger partial charge in [0.25, 0.3) is 0 Å². The minimum atomic E-state index is -1.20. The number of carbonyl (C=O) groups excluding carboxylic acids is 1. The van der Waals surface area contributed by atoms with Gasteiger partial charge in [-0.15, -0.1) is 11.3 Å². The number of thiazole rings is 1. The summed E-state index contributed by atoms with van der Waals surface area (Å²) in [6.07, 6.45) is 2.29. The van der Waals surface area contributed by atoms with Crippen molar-refractivity contribution in [3.05, 3.63) is 58.4 Å². The minimum Gasteiger partial charge on any atom is -0.493 e. The zero-order valence-corrected chi connectivity index (χ0v) is 22.6. The van der Waals surface area contributed by atoms with E-state index in [1.54, 1.807) is 13.2 Å². The molecule has 2 aromatic carbocycles. The first kappa shape index (κ1) is 27.5. The molecule has 0 saturated carbocycles. The van der Waals surface area contributed by atoms with Crippen molar-refractivity contribution in [1.82, 2.24) is 15.2 Å². The fraction of sp³-hybridized carbons (Fsp3) is 0.393. The van der Waals surface area contributed by atoms with Crippen LogP contribution in [0.1, 0.15) is 34.5 Å². The van der Waals surface area contributed by atoms with Crippen LogP contribution in [0, 0.1) is 11.2 Å². The van der Waals surface area contributed by atoms with Crippen LogP contribution in [0.5, 0.6) is 11.5 Å².